The van der Waals surface area contributed by atoms with Crippen LogP contribution in [0, 0.1) is 5.82 Å². The van der Waals surface area contributed by atoms with Gasteiger partial charge in [-0.05, 0) is 63.0 Å². The average molecular weight is 369 g/mol. The summed E-state index contributed by atoms with van der Waals surface area (Å²) in [5.41, 5.74) is 1.17. The first-order valence-electron chi connectivity index (χ1n) is 8.72. The van der Waals surface area contributed by atoms with E-state index in [9.17, 15) is 14.0 Å². The lowest BCUT2D eigenvalue weighted by atomic mass is 10.1. The van der Waals surface area contributed by atoms with Gasteiger partial charge in [0.15, 0.2) is 0 Å². The van der Waals surface area contributed by atoms with Crippen molar-refractivity contribution in [2.45, 2.75) is 6.42 Å². The summed E-state index contributed by atoms with van der Waals surface area (Å²) in [4.78, 5) is 27.0. The van der Waals surface area contributed by atoms with Crippen LogP contribution in [0.4, 0.5) is 4.39 Å². The molecule has 2 rings (SSSR count). The molecule has 0 radical (unpaired) electrons. The van der Waals surface area contributed by atoms with E-state index in [1.165, 1.54) is 18.2 Å². The number of carbonyl (C=O) groups is 2. The minimum Gasteiger partial charge on any atom is -0.351 e. The first-order valence-corrected chi connectivity index (χ1v) is 8.72. The van der Waals surface area contributed by atoms with E-state index in [-0.39, 0.29) is 23.3 Å². The van der Waals surface area contributed by atoms with Gasteiger partial charge >= 0.3 is 0 Å². The molecule has 5 nitrogen and oxygen atoms in total. The van der Waals surface area contributed by atoms with Crippen molar-refractivity contribution in [2.24, 2.45) is 0 Å². The van der Waals surface area contributed by atoms with Crippen LogP contribution in [-0.4, -0.2) is 43.9 Å². The standard InChI is InChI=1S/C21H24FN3O2/c1-25(2)14-6-13-23-21(27)19(15-16-9-11-18(22)12-10-16)24-20(26)17-7-4-3-5-8-17/h3-5,7-12,15H,6,13-14H2,1-2H3,(H,23,27)(H,24,26)/b19-15+. The molecule has 0 aliphatic rings. The zero-order valence-corrected chi connectivity index (χ0v) is 15.5. The van der Waals surface area contributed by atoms with E-state index in [1.807, 2.05) is 25.1 Å². The normalized spacial score (nSPS) is 11.3. The topological polar surface area (TPSA) is 61.4 Å². The van der Waals surface area contributed by atoms with Crippen molar-refractivity contribution < 1.29 is 14.0 Å². The summed E-state index contributed by atoms with van der Waals surface area (Å²) in [6, 6.07) is 14.3. The number of hydrogen-bond donors (Lipinski definition) is 2. The molecule has 0 fully saturated rings. The molecule has 0 heterocycles. The Balaban J connectivity index is 2.13. The lowest BCUT2D eigenvalue weighted by Gasteiger charge is -2.13. The van der Waals surface area contributed by atoms with Crippen LogP contribution in [0.5, 0.6) is 0 Å². The number of rotatable bonds is 8. The smallest absolute Gasteiger partial charge is 0.267 e. The van der Waals surface area contributed by atoms with Crippen molar-refractivity contribution >= 4 is 17.9 Å². The molecule has 2 aromatic rings. The van der Waals surface area contributed by atoms with Crippen LogP contribution >= 0.6 is 0 Å². The van der Waals surface area contributed by atoms with Crippen LogP contribution < -0.4 is 10.6 Å². The SMILES string of the molecule is CN(C)CCCNC(=O)/C(=C\c1ccc(F)cc1)NC(=O)c1ccccc1. The third-order valence-corrected chi connectivity index (χ3v) is 3.78. The summed E-state index contributed by atoms with van der Waals surface area (Å²) < 4.78 is 13.1. The minimum atomic E-state index is -0.387. The van der Waals surface area contributed by atoms with Crippen LogP contribution in [0.3, 0.4) is 0 Å². The van der Waals surface area contributed by atoms with Gasteiger partial charge in [-0.25, -0.2) is 4.39 Å². The van der Waals surface area contributed by atoms with Gasteiger partial charge in [-0.15, -0.1) is 0 Å². The quantitative estimate of drug-likeness (QED) is 0.556. The van der Waals surface area contributed by atoms with Gasteiger partial charge in [-0.3, -0.25) is 9.59 Å². The van der Waals surface area contributed by atoms with E-state index in [1.54, 1.807) is 36.4 Å². The number of carbonyl (C=O) groups excluding carboxylic acids is 2. The molecular formula is C21H24FN3O2. The number of benzene rings is 2. The van der Waals surface area contributed by atoms with Gasteiger partial charge in [0.2, 0.25) is 0 Å². The molecule has 0 saturated carbocycles. The Morgan fingerprint density at radius 2 is 1.70 bits per heavy atom. The average Bonchev–Trinajstić information content (AvgIpc) is 2.66. The Labute approximate surface area is 158 Å². The fraction of sp³-hybridized carbons (Fsp3) is 0.238. The lowest BCUT2D eigenvalue weighted by molar-refractivity contribution is -0.117. The predicted octanol–water partition coefficient (Wildman–Crippen LogP) is 2.66. The van der Waals surface area contributed by atoms with Gasteiger partial charge in [-0.2, -0.15) is 0 Å². The summed E-state index contributed by atoms with van der Waals surface area (Å²) >= 11 is 0. The zero-order valence-electron chi connectivity index (χ0n) is 15.5. The molecule has 0 aliphatic heterocycles. The van der Waals surface area contributed by atoms with Gasteiger partial charge < -0.3 is 15.5 Å². The van der Waals surface area contributed by atoms with E-state index in [2.05, 4.69) is 10.6 Å². The summed E-state index contributed by atoms with van der Waals surface area (Å²) in [7, 11) is 3.92. The predicted molar refractivity (Wildman–Crippen MR) is 104 cm³/mol. The summed E-state index contributed by atoms with van der Waals surface area (Å²) in [6.07, 6.45) is 2.32. The van der Waals surface area contributed by atoms with Crippen LogP contribution in [0.1, 0.15) is 22.3 Å². The molecule has 0 bridgehead atoms. The Kier molecular flexibility index (Phi) is 7.70. The number of amides is 2. The fourth-order valence-corrected chi connectivity index (χ4v) is 2.36. The van der Waals surface area contributed by atoms with Crippen LogP contribution in [-0.2, 0) is 4.79 Å². The molecule has 0 unspecified atom stereocenters. The van der Waals surface area contributed by atoms with Gasteiger partial charge in [0.25, 0.3) is 11.8 Å². The Morgan fingerprint density at radius 1 is 1.04 bits per heavy atom. The van der Waals surface area contributed by atoms with Gasteiger partial charge in [-0.1, -0.05) is 30.3 Å². The van der Waals surface area contributed by atoms with Crippen molar-refractivity contribution in [1.82, 2.24) is 15.5 Å². The van der Waals surface area contributed by atoms with E-state index >= 15 is 0 Å². The number of hydrogen-bond acceptors (Lipinski definition) is 3. The van der Waals surface area contributed by atoms with E-state index in [0.29, 0.717) is 17.7 Å². The molecule has 2 N–H and O–H groups in total. The molecule has 2 aromatic carbocycles. The highest BCUT2D eigenvalue weighted by Gasteiger charge is 2.14. The summed E-state index contributed by atoms with van der Waals surface area (Å²) in [6.45, 7) is 1.33. The number of nitrogens with one attached hydrogen (secondary N) is 2. The second-order valence-electron chi connectivity index (χ2n) is 6.34. The molecule has 0 aliphatic carbocycles. The fourth-order valence-electron chi connectivity index (χ4n) is 2.36. The minimum absolute atomic E-state index is 0.111. The van der Waals surface area contributed by atoms with Crippen molar-refractivity contribution in [2.75, 3.05) is 27.2 Å². The second-order valence-corrected chi connectivity index (χ2v) is 6.34. The Bertz CT molecular complexity index is 787. The molecule has 2 amide bonds. The summed E-state index contributed by atoms with van der Waals surface area (Å²) in [5, 5.41) is 5.46. The number of nitrogens with zero attached hydrogens (tertiary/aromatic N) is 1. The monoisotopic (exact) mass is 369 g/mol. The van der Waals surface area contributed by atoms with Crippen molar-refractivity contribution in [1.29, 1.82) is 0 Å². The van der Waals surface area contributed by atoms with Crippen LogP contribution in [0.2, 0.25) is 0 Å². The van der Waals surface area contributed by atoms with Crippen molar-refractivity contribution in [3.8, 4) is 0 Å². The van der Waals surface area contributed by atoms with Gasteiger partial charge in [0.1, 0.15) is 11.5 Å². The first-order chi connectivity index (χ1) is 13.0. The second kappa shape index (κ2) is 10.2. The van der Waals surface area contributed by atoms with E-state index in [4.69, 9.17) is 0 Å². The van der Waals surface area contributed by atoms with Crippen LogP contribution in [0.25, 0.3) is 6.08 Å². The van der Waals surface area contributed by atoms with Gasteiger partial charge in [0.05, 0.1) is 0 Å². The maximum atomic E-state index is 13.1. The lowest BCUT2D eigenvalue weighted by Crippen LogP contribution is -2.36. The highest BCUT2D eigenvalue weighted by Crippen LogP contribution is 2.09. The molecule has 0 saturated heterocycles. The molecule has 0 aromatic heterocycles. The van der Waals surface area contributed by atoms with Crippen molar-refractivity contribution in [3.63, 3.8) is 0 Å². The van der Waals surface area contributed by atoms with Crippen molar-refractivity contribution in [3.05, 3.63) is 77.2 Å². The zero-order chi connectivity index (χ0) is 19.6. The molecular weight excluding hydrogens is 345 g/mol. The van der Waals surface area contributed by atoms with E-state index < -0.39 is 0 Å². The molecule has 142 valence electrons. The van der Waals surface area contributed by atoms with Gasteiger partial charge in [0, 0.05) is 12.1 Å². The number of halogens is 1. The molecule has 0 atom stereocenters. The maximum absolute atomic E-state index is 13.1. The molecule has 27 heavy (non-hydrogen) atoms. The Hall–Kier alpha value is -2.99. The highest BCUT2D eigenvalue weighted by molar-refractivity contribution is 6.05. The molecule has 6 heteroatoms. The van der Waals surface area contributed by atoms with E-state index in [0.717, 1.165) is 13.0 Å². The largest absolute Gasteiger partial charge is 0.351 e. The third kappa shape index (κ3) is 7.03. The summed E-state index contributed by atoms with van der Waals surface area (Å²) in [5.74, 6) is -1.13. The first kappa shape index (κ1) is 20.3. The third-order valence-electron chi connectivity index (χ3n) is 3.78. The van der Waals surface area contributed by atoms with Crippen LogP contribution in [0.15, 0.2) is 60.3 Å². The Morgan fingerprint density at radius 3 is 2.33 bits per heavy atom. The highest BCUT2D eigenvalue weighted by atomic mass is 19.1. The maximum Gasteiger partial charge on any atom is 0.267 e. The molecule has 0 spiro atoms.